The van der Waals surface area contributed by atoms with Gasteiger partial charge in [0, 0.05) is 10.4 Å². The van der Waals surface area contributed by atoms with Crippen molar-refractivity contribution in [3.63, 3.8) is 0 Å². The van der Waals surface area contributed by atoms with E-state index in [0.717, 1.165) is 50.7 Å². The molecule has 0 saturated heterocycles. The molecule has 1 heterocycles. The Hall–Kier alpha value is -2.72. The molecule has 0 N–H and O–H groups in total. The van der Waals surface area contributed by atoms with Crippen molar-refractivity contribution in [2.75, 3.05) is 6.61 Å². The van der Waals surface area contributed by atoms with Gasteiger partial charge in [-0.05, 0) is 90.7 Å². The van der Waals surface area contributed by atoms with Crippen molar-refractivity contribution < 1.29 is 9.47 Å². The van der Waals surface area contributed by atoms with E-state index in [-0.39, 0.29) is 11.5 Å². The van der Waals surface area contributed by atoms with E-state index in [2.05, 4.69) is 69.7 Å². The van der Waals surface area contributed by atoms with Gasteiger partial charge in [0.2, 0.25) is 0 Å². The van der Waals surface area contributed by atoms with E-state index in [4.69, 9.17) is 19.6 Å². The molecular weight excluding hydrogens is 669 g/mol. The molecule has 4 aromatic rings. The van der Waals surface area contributed by atoms with E-state index < -0.39 is 0 Å². The van der Waals surface area contributed by atoms with Gasteiger partial charge in [-0.1, -0.05) is 65.0 Å². The average molecular weight is 700 g/mol. The molecule has 1 aliphatic carbocycles. The van der Waals surface area contributed by atoms with Crippen molar-refractivity contribution in [1.29, 1.82) is 0 Å². The Morgan fingerprint density at radius 1 is 1.08 bits per heavy atom. The molecule has 0 aliphatic heterocycles. The highest BCUT2D eigenvalue weighted by atomic mass is 127. The van der Waals surface area contributed by atoms with E-state index in [1.54, 1.807) is 6.21 Å². The molecule has 1 fully saturated rings. The second-order valence-corrected chi connectivity index (χ2v) is 11.9. The number of fused-ring (bicyclic) bond motifs is 1. The molecule has 1 aliphatic rings. The van der Waals surface area contributed by atoms with Crippen LogP contribution in [0.2, 0.25) is 0 Å². The fourth-order valence-corrected chi connectivity index (χ4v) is 6.07. The molecule has 1 saturated carbocycles. The lowest BCUT2D eigenvalue weighted by Gasteiger charge is -2.22. The van der Waals surface area contributed by atoms with Gasteiger partial charge in [0.25, 0.3) is 5.56 Å². The van der Waals surface area contributed by atoms with Gasteiger partial charge >= 0.3 is 0 Å². The highest BCUT2D eigenvalue weighted by Gasteiger charge is 2.22. The Kier molecular flexibility index (Phi) is 9.02. The van der Waals surface area contributed by atoms with E-state index >= 15 is 0 Å². The topological polar surface area (TPSA) is 65.7 Å². The Balaban J connectivity index is 1.50. The first-order valence-electron chi connectivity index (χ1n) is 13.3. The number of ether oxygens (including phenoxy) is 2. The van der Waals surface area contributed by atoms with Crippen LogP contribution in [0.15, 0.2) is 69.0 Å². The Labute approximate surface area is 250 Å². The van der Waals surface area contributed by atoms with Gasteiger partial charge in [0.05, 0.1) is 27.3 Å². The standard InChI is InChI=1S/C31H31BrIN3O3/c1-3-38-28-16-22(15-26(33)29(28)39-19-21-11-9-20(2)10-12-21)18-34-36-30(23-7-5-4-6-8-23)35-27-14-13-24(32)17-25(27)31(36)37/h9-18,23H,3-8,19H2,1-2H3. The second-order valence-electron chi connectivity index (χ2n) is 9.87. The zero-order valence-electron chi connectivity index (χ0n) is 22.1. The summed E-state index contributed by atoms with van der Waals surface area (Å²) in [6.07, 6.45) is 7.26. The minimum Gasteiger partial charge on any atom is -0.490 e. The number of halogens is 2. The van der Waals surface area contributed by atoms with Crippen molar-refractivity contribution in [3.05, 3.63) is 95.5 Å². The molecule has 0 amide bonds. The molecule has 0 bridgehead atoms. The van der Waals surface area contributed by atoms with Crippen LogP contribution in [0, 0.1) is 10.5 Å². The quantitative estimate of drug-likeness (QED) is 0.138. The number of benzene rings is 3. The Morgan fingerprint density at radius 3 is 2.59 bits per heavy atom. The minimum atomic E-state index is -0.157. The number of aromatic nitrogens is 2. The van der Waals surface area contributed by atoms with Crippen molar-refractivity contribution in [1.82, 2.24) is 9.66 Å². The van der Waals surface area contributed by atoms with Crippen LogP contribution in [0.4, 0.5) is 0 Å². The number of hydrogen-bond acceptors (Lipinski definition) is 5. The maximum atomic E-state index is 13.6. The maximum Gasteiger partial charge on any atom is 0.282 e. The first-order chi connectivity index (χ1) is 18.9. The summed E-state index contributed by atoms with van der Waals surface area (Å²) in [4.78, 5) is 18.6. The van der Waals surface area contributed by atoms with Crippen molar-refractivity contribution in [2.24, 2.45) is 5.10 Å². The van der Waals surface area contributed by atoms with E-state index in [0.29, 0.717) is 35.6 Å². The number of aryl methyl sites for hydroxylation is 1. The van der Waals surface area contributed by atoms with Crippen LogP contribution in [-0.4, -0.2) is 22.5 Å². The third kappa shape index (κ3) is 6.54. The smallest absolute Gasteiger partial charge is 0.282 e. The molecule has 3 aromatic carbocycles. The number of hydrogen-bond donors (Lipinski definition) is 0. The summed E-state index contributed by atoms with van der Waals surface area (Å²) in [5, 5.41) is 5.25. The fraction of sp³-hybridized carbons (Fsp3) is 0.323. The van der Waals surface area contributed by atoms with Gasteiger partial charge in [0.1, 0.15) is 12.4 Å². The highest BCUT2D eigenvalue weighted by Crippen LogP contribution is 2.35. The molecule has 8 heteroatoms. The fourth-order valence-electron chi connectivity index (χ4n) is 4.93. The minimum absolute atomic E-state index is 0.157. The third-order valence-electron chi connectivity index (χ3n) is 6.96. The summed E-state index contributed by atoms with van der Waals surface area (Å²) in [7, 11) is 0. The average Bonchev–Trinajstić information content (AvgIpc) is 2.94. The van der Waals surface area contributed by atoms with Crippen molar-refractivity contribution in [3.8, 4) is 11.5 Å². The van der Waals surface area contributed by atoms with Crippen LogP contribution in [-0.2, 0) is 6.61 Å². The molecular formula is C31H31BrIN3O3. The summed E-state index contributed by atoms with van der Waals surface area (Å²) in [6, 6.07) is 17.8. The van der Waals surface area contributed by atoms with Gasteiger partial charge in [-0.25, -0.2) is 4.98 Å². The molecule has 39 heavy (non-hydrogen) atoms. The zero-order chi connectivity index (χ0) is 27.4. The SMILES string of the molecule is CCOc1cc(C=Nn2c(C3CCCCC3)nc3ccc(Br)cc3c2=O)cc(I)c1OCc1ccc(C)cc1. The largest absolute Gasteiger partial charge is 0.490 e. The van der Waals surface area contributed by atoms with Gasteiger partial charge in [-0.2, -0.15) is 9.78 Å². The monoisotopic (exact) mass is 699 g/mol. The summed E-state index contributed by atoms with van der Waals surface area (Å²) in [5.74, 6) is 2.31. The van der Waals surface area contributed by atoms with Crippen LogP contribution in [0.25, 0.3) is 10.9 Å². The Bertz CT molecular complexity index is 1560. The summed E-state index contributed by atoms with van der Waals surface area (Å²) in [6.45, 7) is 4.97. The van der Waals surface area contributed by atoms with Crippen LogP contribution in [0.1, 0.15) is 67.5 Å². The molecule has 5 rings (SSSR count). The number of nitrogens with zero attached hydrogens (tertiary/aromatic N) is 3. The maximum absolute atomic E-state index is 13.6. The molecule has 6 nitrogen and oxygen atoms in total. The van der Waals surface area contributed by atoms with Crippen LogP contribution >= 0.6 is 38.5 Å². The number of rotatable bonds is 8. The summed E-state index contributed by atoms with van der Waals surface area (Å²) in [5.41, 5.74) is 3.68. The van der Waals surface area contributed by atoms with E-state index in [1.807, 2.05) is 37.3 Å². The lowest BCUT2D eigenvalue weighted by Crippen LogP contribution is -2.25. The molecule has 202 valence electrons. The van der Waals surface area contributed by atoms with Crippen molar-refractivity contribution in [2.45, 2.75) is 58.5 Å². The van der Waals surface area contributed by atoms with Gasteiger partial charge in [-0.3, -0.25) is 4.79 Å². The van der Waals surface area contributed by atoms with Crippen LogP contribution < -0.4 is 15.0 Å². The molecule has 0 spiro atoms. The Morgan fingerprint density at radius 2 is 1.85 bits per heavy atom. The summed E-state index contributed by atoms with van der Waals surface area (Å²) >= 11 is 5.75. The van der Waals surface area contributed by atoms with Crippen LogP contribution in [0.5, 0.6) is 11.5 Å². The van der Waals surface area contributed by atoms with E-state index in [1.165, 1.54) is 16.7 Å². The normalized spacial score (nSPS) is 14.3. The van der Waals surface area contributed by atoms with E-state index in [9.17, 15) is 4.79 Å². The predicted molar refractivity (Wildman–Crippen MR) is 168 cm³/mol. The predicted octanol–water partition coefficient (Wildman–Crippen LogP) is 7.98. The van der Waals surface area contributed by atoms with Crippen molar-refractivity contribution >= 4 is 55.6 Å². The third-order valence-corrected chi connectivity index (χ3v) is 8.26. The van der Waals surface area contributed by atoms with Gasteiger partial charge in [0.15, 0.2) is 11.5 Å². The molecule has 1 aromatic heterocycles. The van der Waals surface area contributed by atoms with Crippen LogP contribution in [0.3, 0.4) is 0 Å². The first kappa shape index (κ1) is 27.8. The second kappa shape index (κ2) is 12.6. The highest BCUT2D eigenvalue weighted by molar-refractivity contribution is 14.1. The van der Waals surface area contributed by atoms with Gasteiger partial charge < -0.3 is 9.47 Å². The zero-order valence-corrected chi connectivity index (χ0v) is 25.9. The first-order valence-corrected chi connectivity index (χ1v) is 15.2. The van der Waals surface area contributed by atoms with Gasteiger partial charge in [-0.15, -0.1) is 0 Å². The lowest BCUT2D eigenvalue weighted by atomic mass is 9.88. The lowest BCUT2D eigenvalue weighted by molar-refractivity contribution is 0.267. The molecule has 0 atom stereocenters. The molecule has 0 radical (unpaired) electrons. The molecule has 0 unspecified atom stereocenters. The summed E-state index contributed by atoms with van der Waals surface area (Å²) < 4.78 is 15.4.